The number of fused-ring (bicyclic) bond motifs is 8. The Balaban J connectivity index is 1.66. The van der Waals surface area contributed by atoms with Crippen molar-refractivity contribution in [1.29, 1.82) is 0 Å². The van der Waals surface area contributed by atoms with E-state index in [-0.39, 0.29) is 19.4 Å². The summed E-state index contributed by atoms with van der Waals surface area (Å²) in [6.07, 6.45) is -4.69. The van der Waals surface area contributed by atoms with Gasteiger partial charge in [0, 0.05) is 30.6 Å². The van der Waals surface area contributed by atoms with Crippen LogP contribution in [0.3, 0.4) is 0 Å². The first-order valence-electron chi connectivity index (χ1n) is 18.1. The lowest BCUT2D eigenvalue weighted by Crippen LogP contribution is -2.82. The normalized spacial score (nSPS) is 40.5. The second-order valence-electron chi connectivity index (χ2n) is 16.3. The lowest BCUT2D eigenvalue weighted by Gasteiger charge is -2.69. The molecule has 10 atom stereocenters. The highest BCUT2D eigenvalue weighted by Crippen LogP contribution is 2.67. The number of aliphatic hydroxyl groups excluding tert-OH is 1. The quantitative estimate of drug-likeness (QED) is 0.198. The van der Waals surface area contributed by atoms with Gasteiger partial charge in [0.1, 0.15) is 23.9 Å². The SMILES string of the molecule is CC[Si](CC)(CC)OC1CC2(O)C(OC(=O)c3ccccc3)C3C4(OC(C)=O)COC4CC(O)[C@@]3(C)C3OC(C)(C)OC3C(=C1C)C2(C)C. The van der Waals surface area contributed by atoms with Crippen LogP contribution in [0.2, 0.25) is 18.1 Å². The molecule has 1 aromatic carbocycles. The number of rotatable bonds is 8. The van der Waals surface area contributed by atoms with E-state index in [4.69, 9.17) is 28.1 Å². The number of hydrogen-bond donors (Lipinski definition) is 2. The summed E-state index contributed by atoms with van der Waals surface area (Å²) in [4.78, 5) is 27.2. The third-order valence-electron chi connectivity index (χ3n) is 13.2. The van der Waals surface area contributed by atoms with Crippen LogP contribution in [-0.2, 0) is 32.9 Å². The highest BCUT2D eigenvalue weighted by atomic mass is 28.4. The van der Waals surface area contributed by atoms with E-state index in [9.17, 15) is 19.8 Å². The largest absolute Gasteiger partial charge is 0.455 e. The van der Waals surface area contributed by atoms with Crippen LogP contribution in [0.5, 0.6) is 0 Å². The lowest BCUT2D eigenvalue weighted by atomic mass is 9.44. The summed E-state index contributed by atoms with van der Waals surface area (Å²) in [5, 5.41) is 26.0. The van der Waals surface area contributed by atoms with E-state index in [0.29, 0.717) is 5.56 Å². The molecular formula is C38H56O10Si. The van der Waals surface area contributed by atoms with Crippen LogP contribution < -0.4 is 0 Å². The lowest BCUT2D eigenvalue weighted by molar-refractivity contribution is -0.362. The third-order valence-corrected chi connectivity index (χ3v) is 17.9. The van der Waals surface area contributed by atoms with E-state index in [2.05, 4.69) is 27.7 Å². The number of carbonyl (C=O) groups is 2. The third kappa shape index (κ3) is 5.32. The average Bonchev–Trinajstić information content (AvgIpc) is 3.37. The molecule has 0 radical (unpaired) electrons. The summed E-state index contributed by atoms with van der Waals surface area (Å²) in [7, 11) is -2.24. The summed E-state index contributed by atoms with van der Waals surface area (Å²) in [5.41, 5.74) is -3.28. The van der Waals surface area contributed by atoms with Crippen molar-refractivity contribution in [2.45, 2.75) is 154 Å². The minimum Gasteiger partial charge on any atom is -0.455 e. The van der Waals surface area contributed by atoms with Crippen LogP contribution in [0.25, 0.3) is 0 Å². The number of hydrogen-bond acceptors (Lipinski definition) is 10. The van der Waals surface area contributed by atoms with Gasteiger partial charge in [0.05, 0.1) is 36.4 Å². The van der Waals surface area contributed by atoms with Crippen molar-refractivity contribution in [3.8, 4) is 0 Å². The molecule has 0 spiro atoms. The molecule has 6 rings (SSSR count). The molecule has 11 heteroatoms. The Morgan fingerprint density at radius 3 is 2.18 bits per heavy atom. The fourth-order valence-electron chi connectivity index (χ4n) is 10.2. The van der Waals surface area contributed by atoms with Crippen LogP contribution >= 0.6 is 0 Å². The van der Waals surface area contributed by atoms with E-state index < -0.39 is 90.6 Å². The van der Waals surface area contributed by atoms with Crippen molar-refractivity contribution >= 4 is 20.3 Å². The van der Waals surface area contributed by atoms with Crippen LogP contribution in [-0.4, -0.2) is 90.7 Å². The first-order chi connectivity index (χ1) is 22.9. The summed E-state index contributed by atoms with van der Waals surface area (Å²) in [6, 6.07) is 11.4. The van der Waals surface area contributed by atoms with Gasteiger partial charge < -0.3 is 38.3 Å². The Hall–Kier alpha value is -2.12. The van der Waals surface area contributed by atoms with Crippen LogP contribution in [0.1, 0.15) is 92.4 Å². The molecular weight excluding hydrogens is 644 g/mol. The van der Waals surface area contributed by atoms with E-state index in [0.717, 1.165) is 29.3 Å². The predicted molar refractivity (Wildman–Crippen MR) is 184 cm³/mol. The maximum absolute atomic E-state index is 14.2. The van der Waals surface area contributed by atoms with Crippen molar-refractivity contribution in [2.24, 2.45) is 16.7 Å². The molecule has 3 aliphatic carbocycles. The standard InChI is InChI=1S/C38H56O10Si/c1-11-49(12-2,13-3)48-25-20-38(42)32(44-33(41)24-17-15-14-16-18-24)30-36(10,26(40)19-27-37(30,21-43-27)45-23(5)39)31-29(46-35(8,9)47-31)28(22(25)4)34(38,6)7/h14-18,25-27,29-32,40,42H,11-13,19-21H2,1-10H3/t25?,26?,27?,29?,30?,31?,32?,36-,37?,38?/m1/s1. The molecule has 4 fully saturated rings. The minimum atomic E-state index is -2.24. The molecule has 10 nitrogen and oxygen atoms in total. The molecule has 2 bridgehead atoms. The van der Waals surface area contributed by atoms with Crippen LogP contribution in [0, 0.1) is 16.7 Å². The molecule has 0 aromatic heterocycles. The van der Waals surface area contributed by atoms with E-state index in [1.807, 2.05) is 40.7 Å². The minimum absolute atomic E-state index is 0.0148. The van der Waals surface area contributed by atoms with Gasteiger partial charge in [-0.25, -0.2) is 4.79 Å². The molecule has 2 heterocycles. The van der Waals surface area contributed by atoms with Gasteiger partial charge in [-0.1, -0.05) is 59.7 Å². The number of ether oxygens (including phenoxy) is 5. The molecule has 272 valence electrons. The smallest absolute Gasteiger partial charge is 0.338 e. The summed E-state index contributed by atoms with van der Waals surface area (Å²) >= 11 is 0. The van der Waals surface area contributed by atoms with Gasteiger partial charge in [0.2, 0.25) is 0 Å². The fourth-order valence-corrected chi connectivity index (χ4v) is 13.1. The number of benzene rings is 1. The predicted octanol–water partition coefficient (Wildman–Crippen LogP) is 5.70. The monoisotopic (exact) mass is 700 g/mol. The van der Waals surface area contributed by atoms with E-state index in [1.54, 1.807) is 24.3 Å². The zero-order chi connectivity index (χ0) is 35.9. The Morgan fingerprint density at radius 1 is 1.00 bits per heavy atom. The van der Waals surface area contributed by atoms with Gasteiger partial charge in [-0.2, -0.15) is 0 Å². The molecule has 2 saturated carbocycles. The van der Waals surface area contributed by atoms with Crippen molar-refractivity contribution in [2.75, 3.05) is 6.61 Å². The van der Waals surface area contributed by atoms with Gasteiger partial charge in [-0.3, -0.25) is 4.79 Å². The van der Waals surface area contributed by atoms with Gasteiger partial charge in [-0.15, -0.1) is 0 Å². The van der Waals surface area contributed by atoms with Gasteiger partial charge in [0.15, 0.2) is 19.7 Å². The van der Waals surface area contributed by atoms with Crippen LogP contribution in [0.15, 0.2) is 41.5 Å². The average molecular weight is 701 g/mol. The summed E-state index contributed by atoms with van der Waals surface area (Å²) in [6.45, 7) is 19.5. The number of aliphatic hydroxyl groups is 2. The zero-order valence-electron chi connectivity index (χ0n) is 30.8. The highest BCUT2D eigenvalue weighted by Gasteiger charge is 2.79. The Bertz CT molecular complexity index is 1480. The van der Waals surface area contributed by atoms with E-state index in [1.165, 1.54) is 6.92 Å². The van der Waals surface area contributed by atoms with Gasteiger partial charge in [-0.05, 0) is 62.2 Å². The molecule has 5 aliphatic rings. The maximum atomic E-state index is 14.2. The number of carbonyl (C=O) groups excluding carboxylic acids is 2. The molecule has 2 N–H and O–H groups in total. The number of esters is 2. The maximum Gasteiger partial charge on any atom is 0.338 e. The molecule has 1 aromatic rings. The fraction of sp³-hybridized carbons (Fsp3) is 0.737. The Kier molecular flexibility index (Phi) is 9.16. The van der Waals surface area contributed by atoms with Gasteiger partial charge >= 0.3 is 11.9 Å². The zero-order valence-corrected chi connectivity index (χ0v) is 31.8. The molecule has 0 amide bonds. The van der Waals surface area contributed by atoms with Crippen LogP contribution in [0.4, 0.5) is 0 Å². The van der Waals surface area contributed by atoms with Crippen molar-refractivity contribution in [1.82, 2.24) is 0 Å². The van der Waals surface area contributed by atoms with Crippen molar-refractivity contribution in [3.63, 3.8) is 0 Å². The topological polar surface area (TPSA) is 130 Å². The van der Waals surface area contributed by atoms with Crippen molar-refractivity contribution < 1.29 is 47.9 Å². The Labute approximate surface area is 291 Å². The molecule has 2 saturated heterocycles. The summed E-state index contributed by atoms with van der Waals surface area (Å²) < 4.78 is 39.9. The second-order valence-corrected chi connectivity index (χ2v) is 21.0. The second kappa shape index (κ2) is 12.2. The van der Waals surface area contributed by atoms with Crippen molar-refractivity contribution in [3.05, 3.63) is 47.0 Å². The molecule has 49 heavy (non-hydrogen) atoms. The first kappa shape index (κ1) is 36.7. The Morgan fingerprint density at radius 2 is 1.63 bits per heavy atom. The van der Waals surface area contributed by atoms with Gasteiger partial charge in [0.25, 0.3) is 0 Å². The first-order valence-corrected chi connectivity index (χ1v) is 20.6. The molecule has 2 aliphatic heterocycles. The molecule has 9 unspecified atom stereocenters. The summed E-state index contributed by atoms with van der Waals surface area (Å²) in [5.74, 6) is -3.17. The van der Waals surface area contributed by atoms with E-state index >= 15 is 0 Å². The highest BCUT2D eigenvalue weighted by molar-refractivity contribution is 6.73.